The number of rotatable bonds is 17. The molecule has 0 bridgehead atoms. The molecule has 1 atom stereocenters. The Morgan fingerprint density at radius 2 is 1.23 bits per heavy atom. The van der Waals surface area contributed by atoms with Gasteiger partial charge in [-0.15, -0.1) is 0 Å². The van der Waals surface area contributed by atoms with Gasteiger partial charge in [0.05, 0.1) is 0 Å². The molecule has 0 aromatic heterocycles. The molecule has 0 aromatic carbocycles. The van der Waals surface area contributed by atoms with Gasteiger partial charge in [-0.25, -0.2) is 4.79 Å². The Balaban J connectivity index is 0. The summed E-state index contributed by atoms with van der Waals surface area (Å²) < 4.78 is 0. The third-order valence-corrected chi connectivity index (χ3v) is 4.29. The number of aliphatic carboxylic acids is 2. The van der Waals surface area contributed by atoms with Crippen molar-refractivity contribution in [3.8, 4) is 0 Å². The van der Waals surface area contributed by atoms with Crippen molar-refractivity contribution in [3.63, 3.8) is 0 Å². The molecule has 0 aliphatic carbocycles. The van der Waals surface area contributed by atoms with Gasteiger partial charge in [0, 0.05) is 12.8 Å². The van der Waals surface area contributed by atoms with E-state index in [-0.39, 0.29) is 48.3 Å². The van der Waals surface area contributed by atoms with Crippen molar-refractivity contribution in [1.82, 2.24) is 5.32 Å². The molecule has 0 saturated heterocycles. The third kappa shape index (κ3) is 18.2. The van der Waals surface area contributed by atoms with Crippen molar-refractivity contribution in [2.45, 2.75) is 103 Å². The molecule has 7 heteroatoms. The van der Waals surface area contributed by atoms with Crippen molar-refractivity contribution < 1.29 is 24.6 Å². The minimum atomic E-state index is -1.19. The second-order valence-corrected chi connectivity index (χ2v) is 6.68. The summed E-state index contributed by atoms with van der Waals surface area (Å²) in [6.45, 7) is 2.22. The molecule has 0 aliphatic rings. The SMILES string of the molecule is CCCCCCCCCCCCCC(=O)NC(CCC(=O)O)C(=O)O.[NaH]. The zero-order valence-corrected chi connectivity index (χ0v) is 15.6. The molecule has 0 heterocycles. The maximum absolute atomic E-state index is 11.7. The second kappa shape index (κ2) is 19.2. The number of carbonyl (C=O) groups is 3. The van der Waals surface area contributed by atoms with E-state index in [4.69, 9.17) is 10.2 Å². The van der Waals surface area contributed by atoms with Crippen LogP contribution >= 0.6 is 0 Å². The zero-order chi connectivity index (χ0) is 18.9. The van der Waals surface area contributed by atoms with Gasteiger partial charge in [0.1, 0.15) is 6.04 Å². The minimum absolute atomic E-state index is 0. The monoisotopic (exact) mass is 381 g/mol. The van der Waals surface area contributed by atoms with Gasteiger partial charge in [-0.05, 0) is 12.8 Å². The predicted molar refractivity (Wildman–Crippen MR) is 105 cm³/mol. The van der Waals surface area contributed by atoms with Crippen molar-refractivity contribution >= 4 is 47.4 Å². The maximum atomic E-state index is 11.7. The molecule has 0 rings (SSSR count). The number of carbonyl (C=O) groups excluding carboxylic acids is 1. The number of nitrogens with one attached hydrogen (secondary N) is 1. The summed E-state index contributed by atoms with van der Waals surface area (Å²) in [4.78, 5) is 33.2. The Hall–Kier alpha value is -0.590. The molecule has 148 valence electrons. The van der Waals surface area contributed by atoms with Crippen LogP contribution in [0.1, 0.15) is 96.8 Å². The zero-order valence-electron chi connectivity index (χ0n) is 15.6. The Morgan fingerprint density at radius 3 is 1.65 bits per heavy atom. The van der Waals surface area contributed by atoms with Crippen LogP contribution < -0.4 is 5.32 Å². The van der Waals surface area contributed by atoms with E-state index in [1.807, 2.05) is 0 Å². The Kier molecular flexibility index (Phi) is 20.4. The van der Waals surface area contributed by atoms with Gasteiger partial charge < -0.3 is 15.5 Å². The summed E-state index contributed by atoms with van der Waals surface area (Å²) in [6, 6.07) is -1.11. The van der Waals surface area contributed by atoms with Crippen molar-refractivity contribution in [2.24, 2.45) is 0 Å². The second-order valence-electron chi connectivity index (χ2n) is 6.68. The average Bonchev–Trinajstić information content (AvgIpc) is 2.56. The standard InChI is InChI=1S/C19H35NO5.Na.H/c1-2-3-4-5-6-7-8-9-10-11-12-13-17(21)20-16(19(24)25)14-15-18(22)23;;/h16H,2-15H2,1H3,(H,20,21)(H,22,23)(H,24,25);;. The number of unbranched alkanes of at least 4 members (excludes halogenated alkanes) is 10. The van der Waals surface area contributed by atoms with Crippen LogP contribution in [0.2, 0.25) is 0 Å². The molecular weight excluding hydrogens is 345 g/mol. The molecule has 0 aromatic rings. The van der Waals surface area contributed by atoms with Crippen LogP contribution in [0, 0.1) is 0 Å². The first kappa shape index (κ1) is 27.6. The predicted octanol–water partition coefficient (Wildman–Crippen LogP) is 3.47. The molecule has 0 fully saturated rings. The van der Waals surface area contributed by atoms with Gasteiger partial charge in [0.25, 0.3) is 0 Å². The van der Waals surface area contributed by atoms with Crippen LogP contribution in [-0.2, 0) is 14.4 Å². The molecule has 0 spiro atoms. The number of hydrogen-bond acceptors (Lipinski definition) is 3. The van der Waals surface area contributed by atoms with E-state index in [9.17, 15) is 14.4 Å². The fourth-order valence-corrected chi connectivity index (χ4v) is 2.74. The van der Waals surface area contributed by atoms with E-state index >= 15 is 0 Å². The van der Waals surface area contributed by atoms with Gasteiger partial charge >= 0.3 is 41.5 Å². The molecule has 6 nitrogen and oxygen atoms in total. The first-order valence-corrected chi connectivity index (χ1v) is 9.71. The van der Waals surface area contributed by atoms with Crippen molar-refractivity contribution in [1.29, 1.82) is 0 Å². The first-order chi connectivity index (χ1) is 12.0. The first-order valence-electron chi connectivity index (χ1n) is 9.71. The summed E-state index contributed by atoms with van der Waals surface area (Å²) in [5, 5.41) is 20.0. The average molecular weight is 381 g/mol. The molecule has 3 N–H and O–H groups in total. The summed E-state index contributed by atoms with van der Waals surface area (Å²) in [5.41, 5.74) is 0. The summed E-state index contributed by atoms with van der Waals surface area (Å²) in [7, 11) is 0. The van der Waals surface area contributed by atoms with Gasteiger partial charge in [0.2, 0.25) is 5.91 Å². The molecule has 1 amide bonds. The fraction of sp³-hybridized carbons (Fsp3) is 0.842. The third-order valence-electron chi connectivity index (χ3n) is 4.29. The molecule has 0 aliphatic heterocycles. The van der Waals surface area contributed by atoms with Crippen LogP contribution in [0.5, 0.6) is 0 Å². The normalized spacial score (nSPS) is 11.4. The van der Waals surface area contributed by atoms with E-state index in [1.165, 1.54) is 51.4 Å². The van der Waals surface area contributed by atoms with Crippen molar-refractivity contribution in [3.05, 3.63) is 0 Å². The topological polar surface area (TPSA) is 104 Å². The summed E-state index contributed by atoms with van der Waals surface area (Å²) >= 11 is 0. The van der Waals surface area contributed by atoms with Crippen LogP contribution in [0.4, 0.5) is 0 Å². The number of hydrogen-bond donors (Lipinski definition) is 3. The number of carboxylic acids is 2. The van der Waals surface area contributed by atoms with E-state index in [0.29, 0.717) is 6.42 Å². The van der Waals surface area contributed by atoms with Gasteiger partial charge in [-0.2, -0.15) is 0 Å². The quantitative estimate of drug-likeness (QED) is 0.264. The van der Waals surface area contributed by atoms with Gasteiger partial charge in [-0.1, -0.05) is 71.1 Å². The van der Waals surface area contributed by atoms with Crippen LogP contribution in [0.25, 0.3) is 0 Å². The number of carboxylic acid groups (broad SMARTS) is 2. The Morgan fingerprint density at radius 1 is 0.769 bits per heavy atom. The van der Waals surface area contributed by atoms with E-state index in [2.05, 4.69) is 12.2 Å². The van der Waals surface area contributed by atoms with Gasteiger partial charge in [0.15, 0.2) is 0 Å². The Labute approximate surface area is 179 Å². The van der Waals surface area contributed by atoms with E-state index in [0.717, 1.165) is 19.3 Å². The molecule has 0 radical (unpaired) electrons. The molecule has 26 heavy (non-hydrogen) atoms. The van der Waals surface area contributed by atoms with E-state index < -0.39 is 18.0 Å². The number of amides is 1. The van der Waals surface area contributed by atoms with E-state index in [1.54, 1.807) is 0 Å². The summed E-state index contributed by atoms with van der Waals surface area (Å²) in [5.74, 6) is -2.56. The van der Waals surface area contributed by atoms with Crippen LogP contribution in [-0.4, -0.2) is 63.7 Å². The fourth-order valence-electron chi connectivity index (χ4n) is 2.74. The summed E-state index contributed by atoms with van der Waals surface area (Å²) in [6.07, 6.45) is 13.1. The van der Waals surface area contributed by atoms with Crippen LogP contribution in [0.3, 0.4) is 0 Å². The van der Waals surface area contributed by atoms with Crippen molar-refractivity contribution in [2.75, 3.05) is 0 Å². The molecule has 0 saturated carbocycles. The molecule has 1 unspecified atom stereocenters. The van der Waals surface area contributed by atoms with Gasteiger partial charge in [-0.3, -0.25) is 9.59 Å². The van der Waals surface area contributed by atoms with Crippen LogP contribution in [0.15, 0.2) is 0 Å². The Bertz CT molecular complexity index is 390. The molecular formula is C19H36NNaO5.